The van der Waals surface area contributed by atoms with Crippen molar-refractivity contribution in [3.8, 4) is 22.7 Å². The summed E-state index contributed by atoms with van der Waals surface area (Å²) >= 11 is 0. The number of nitrogens with two attached hydrogens (primary N) is 1. The van der Waals surface area contributed by atoms with Crippen molar-refractivity contribution in [2.45, 2.75) is 12.5 Å². The predicted molar refractivity (Wildman–Crippen MR) is 111 cm³/mol. The van der Waals surface area contributed by atoms with E-state index in [0.29, 0.717) is 18.8 Å². The smallest absolute Gasteiger partial charge is 0.274 e. The normalized spacial score (nSPS) is 15.9. The second-order valence-electron chi connectivity index (χ2n) is 6.69. The molecule has 2 heterocycles. The fourth-order valence-electron chi connectivity index (χ4n) is 3.35. The molecule has 0 unspecified atom stereocenters. The van der Waals surface area contributed by atoms with Crippen molar-refractivity contribution in [3.63, 3.8) is 0 Å². The molecule has 1 saturated heterocycles. The van der Waals surface area contributed by atoms with Crippen molar-refractivity contribution in [2.75, 3.05) is 20.2 Å². The molecule has 1 aliphatic heterocycles. The van der Waals surface area contributed by atoms with Crippen LogP contribution in [0.15, 0.2) is 60.7 Å². The molecular formula is C21H23ClN4O2. The number of halogens is 1. The molecule has 28 heavy (non-hydrogen) atoms. The van der Waals surface area contributed by atoms with Crippen molar-refractivity contribution in [2.24, 2.45) is 5.73 Å². The SMILES string of the molecule is COc1ccc(-n2nc(C(=O)N3CC[C@H](N)C3)cc2-c2ccccc2)cc1.Cl. The molecule has 0 aliphatic carbocycles. The zero-order valence-corrected chi connectivity index (χ0v) is 16.4. The van der Waals surface area contributed by atoms with Gasteiger partial charge in [0.25, 0.3) is 5.91 Å². The van der Waals surface area contributed by atoms with Crippen LogP contribution in [-0.4, -0.2) is 46.8 Å². The number of carbonyl (C=O) groups excluding carboxylic acids is 1. The Morgan fingerprint density at radius 1 is 1.14 bits per heavy atom. The van der Waals surface area contributed by atoms with Crippen molar-refractivity contribution in [1.29, 1.82) is 0 Å². The number of ether oxygens (including phenoxy) is 1. The predicted octanol–water partition coefficient (Wildman–Crippen LogP) is 3.14. The lowest BCUT2D eigenvalue weighted by molar-refractivity contribution is 0.0784. The van der Waals surface area contributed by atoms with E-state index in [9.17, 15) is 4.79 Å². The van der Waals surface area contributed by atoms with Crippen LogP contribution in [-0.2, 0) is 0 Å². The van der Waals surface area contributed by atoms with Crippen LogP contribution in [0, 0.1) is 0 Å². The van der Waals surface area contributed by atoms with E-state index in [0.717, 1.165) is 29.1 Å². The summed E-state index contributed by atoms with van der Waals surface area (Å²) in [7, 11) is 1.63. The maximum atomic E-state index is 12.9. The molecule has 1 atom stereocenters. The average Bonchev–Trinajstić information content (AvgIpc) is 3.35. The Morgan fingerprint density at radius 3 is 2.46 bits per heavy atom. The topological polar surface area (TPSA) is 73.4 Å². The molecule has 0 radical (unpaired) electrons. The molecule has 6 nitrogen and oxygen atoms in total. The van der Waals surface area contributed by atoms with Crippen LogP contribution in [0.1, 0.15) is 16.9 Å². The maximum Gasteiger partial charge on any atom is 0.274 e. The molecule has 1 aromatic heterocycles. The zero-order chi connectivity index (χ0) is 18.8. The van der Waals surface area contributed by atoms with Crippen LogP contribution in [0.4, 0.5) is 0 Å². The number of amides is 1. The minimum atomic E-state index is -0.0765. The quantitative estimate of drug-likeness (QED) is 0.732. The van der Waals surface area contributed by atoms with E-state index in [2.05, 4.69) is 5.10 Å². The lowest BCUT2D eigenvalue weighted by atomic mass is 10.1. The third kappa shape index (κ3) is 3.88. The molecule has 3 aromatic rings. The Kier molecular flexibility index (Phi) is 6.02. The van der Waals surface area contributed by atoms with Crippen LogP contribution in [0.5, 0.6) is 5.75 Å². The van der Waals surface area contributed by atoms with Crippen LogP contribution in [0.2, 0.25) is 0 Å². The van der Waals surface area contributed by atoms with Gasteiger partial charge in [-0.2, -0.15) is 5.10 Å². The van der Waals surface area contributed by atoms with Gasteiger partial charge in [0.05, 0.1) is 18.5 Å². The van der Waals surface area contributed by atoms with E-state index in [1.54, 1.807) is 16.7 Å². The van der Waals surface area contributed by atoms with Gasteiger partial charge in [-0.15, -0.1) is 12.4 Å². The minimum Gasteiger partial charge on any atom is -0.497 e. The maximum absolute atomic E-state index is 12.9. The number of methoxy groups -OCH3 is 1. The highest BCUT2D eigenvalue weighted by molar-refractivity contribution is 5.94. The summed E-state index contributed by atoms with van der Waals surface area (Å²) in [5.41, 5.74) is 9.12. The van der Waals surface area contributed by atoms with Crippen molar-refractivity contribution in [3.05, 3.63) is 66.4 Å². The highest BCUT2D eigenvalue weighted by Crippen LogP contribution is 2.26. The third-order valence-corrected chi connectivity index (χ3v) is 4.83. The van der Waals surface area contributed by atoms with Crippen molar-refractivity contribution in [1.82, 2.24) is 14.7 Å². The van der Waals surface area contributed by atoms with Gasteiger partial charge < -0.3 is 15.4 Å². The van der Waals surface area contributed by atoms with Gasteiger partial charge in [-0.3, -0.25) is 4.79 Å². The first-order valence-electron chi connectivity index (χ1n) is 9.00. The van der Waals surface area contributed by atoms with Gasteiger partial charge in [-0.1, -0.05) is 30.3 Å². The van der Waals surface area contributed by atoms with Crippen LogP contribution >= 0.6 is 12.4 Å². The Labute approximate surface area is 170 Å². The lowest BCUT2D eigenvalue weighted by Crippen LogP contribution is -2.32. The number of nitrogens with zero attached hydrogens (tertiary/aromatic N) is 3. The van der Waals surface area contributed by atoms with Gasteiger partial charge in [0.2, 0.25) is 0 Å². The summed E-state index contributed by atoms with van der Waals surface area (Å²) in [5.74, 6) is 0.696. The van der Waals surface area contributed by atoms with Gasteiger partial charge in [0.1, 0.15) is 5.75 Å². The summed E-state index contributed by atoms with van der Waals surface area (Å²) in [6.07, 6.45) is 0.830. The summed E-state index contributed by atoms with van der Waals surface area (Å²) in [4.78, 5) is 14.7. The van der Waals surface area contributed by atoms with E-state index in [1.807, 2.05) is 60.7 Å². The van der Waals surface area contributed by atoms with E-state index in [4.69, 9.17) is 10.5 Å². The Morgan fingerprint density at radius 2 is 1.86 bits per heavy atom. The molecule has 0 bridgehead atoms. The minimum absolute atomic E-state index is 0. The molecule has 0 saturated carbocycles. The van der Waals surface area contributed by atoms with E-state index in [-0.39, 0.29) is 24.4 Å². The van der Waals surface area contributed by atoms with Gasteiger partial charge in [0.15, 0.2) is 5.69 Å². The second kappa shape index (κ2) is 8.46. The van der Waals surface area contributed by atoms with E-state index in [1.165, 1.54) is 0 Å². The molecule has 2 aromatic carbocycles. The number of hydrogen-bond acceptors (Lipinski definition) is 4. The second-order valence-corrected chi connectivity index (χ2v) is 6.69. The fraction of sp³-hybridized carbons (Fsp3) is 0.238. The fourth-order valence-corrected chi connectivity index (χ4v) is 3.35. The first kappa shape index (κ1) is 19.9. The van der Waals surface area contributed by atoms with E-state index >= 15 is 0 Å². The number of carbonyl (C=O) groups is 1. The highest BCUT2D eigenvalue weighted by atomic mass is 35.5. The summed E-state index contributed by atoms with van der Waals surface area (Å²) in [5, 5.41) is 4.63. The van der Waals surface area contributed by atoms with Gasteiger partial charge in [-0.25, -0.2) is 4.68 Å². The Bertz CT molecular complexity index is 941. The lowest BCUT2D eigenvalue weighted by Gasteiger charge is -2.13. The zero-order valence-electron chi connectivity index (χ0n) is 15.6. The third-order valence-electron chi connectivity index (χ3n) is 4.83. The molecule has 1 fully saturated rings. The Balaban J connectivity index is 0.00000225. The highest BCUT2D eigenvalue weighted by Gasteiger charge is 2.27. The molecule has 0 spiro atoms. The van der Waals surface area contributed by atoms with Crippen LogP contribution < -0.4 is 10.5 Å². The first-order valence-corrected chi connectivity index (χ1v) is 9.00. The number of aromatic nitrogens is 2. The van der Waals surface area contributed by atoms with Gasteiger partial charge in [0, 0.05) is 24.7 Å². The molecule has 4 rings (SSSR count). The van der Waals surface area contributed by atoms with Crippen molar-refractivity contribution >= 4 is 18.3 Å². The standard InChI is InChI=1S/C21H22N4O2.ClH/c1-27-18-9-7-17(8-10-18)25-20(15-5-3-2-4-6-15)13-19(23-25)21(26)24-12-11-16(22)14-24;/h2-10,13,16H,11-12,14,22H2,1H3;1H/t16-;/m0./s1. The van der Waals surface area contributed by atoms with Crippen LogP contribution in [0.25, 0.3) is 16.9 Å². The summed E-state index contributed by atoms with van der Waals surface area (Å²) in [6, 6.07) is 19.5. The largest absolute Gasteiger partial charge is 0.497 e. The van der Waals surface area contributed by atoms with Crippen LogP contribution in [0.3, 0.4) is 0 Å². The van der Waals surface area contributed by atoms with Crippen molar-refractivity contribution < 1.29 is 9.53 Å². The first-order chi connectivity index (χ1) is 13.2. The number of rotatable bonds is 4. The number of hydrogen-bond donors (Lipinski definition) is 1. The summed E-state index contributed by atoms with van der Waals surface area (Å²) in [6.45, 7) is 1.25. The monoisotopic (exact) mass is 398 g/mol. The molecule has 146 valence electrons. The molecule has 2 N–H and O–H groups in total. The summed E-state index contributed by atoms with van der Waals surface area (Å²) < 4.78 is 7.04. The average molecular weight is 399 g/mol. The molecular weight excluding hydrogens is 376 g/mol. The number of benzene rings is 2. The number of likely N-dealkylation sites (tertiary alicyclic amines) is 1. The molecule has 1 aliphatic rings. The Hall–Kier alpha value is -2.83. The molecule has 1 amide bonds. The van der Waals surface area contributed by atoms with Gasteiger partial charge >= 0.3 is 0 Å². The van der Waals surface area contributed by atoms with Gasteiger partial charge in [-0.05, 0) is 36.8 Å². The van der Waals surface area contributed by atoms with E-state index < -0.39 is 0 Å². The molecule has 7 heteroatoms.